The van der Waals surface area contributed by atoms with Crippen LogP contribution < -0.4 is 9.47 Å². The molecule has 0 N–H and O–H groups in total. The number of hydrogen-bond donors (Lipinski definition) is 0. The molecule has 1 fully saturated rings. The van der Waals surface area contributed by atoms with Gasteiger partial charge in [-0.2, -0.15) is 5.10 Å². The number of alkyl halides is 3. The summed E-state index contributed by atoms with van der Waals surface area (Å²) < 4.78 is 52.3. The summed E-state index contributed by atoms with van der Waals surface area (Å²) in [5.74, 6) is -0.470. The molecule has 0 saturated carbocycles. The van der Waals surface area contributed by atoms with E-state index in [1.54, 1.807) is 0 Å². The standard InChI is InChI=1S/C20H26F3N3O4S/c1-3-17-18(14-5-6-15(16(13-14)28-2)30-20(21,22)23)24-26(19(27)31-17)8-4-7-25-9-11-29-12-10-25/h5-6,13,17H,3-4,7-12H2,1-2H3. The van der Waals surface area contributed by atoms with E-state index in [2.05, 4.69) is 14.7 Å². The summed E-state index contributed by atoms with van der Waals surface area (Å²) in [5.41, 5.74) is 1.23. The Morgan fingerprint density at radius 1 is 1.23 bits per heavy atom. The average molecular weight is 462 g/mol. The van der Waals surface area contributed by atoms with E-state index in [4.69, 9.17) is 9.47 Å². The number of carbonyl (C=O) groups excluding carboxylic acids is 1. The molecule has 31 heavy (non-hydrogen) atoms. The molecular weight excluding hydrogens is 435 g/mol. The number of ether oxygens (including phenoxy) is 3. The van der Waals surface area contributed by atoms with Crippen molar-refractivity contribution in [1.82, 2.24) is 9.91 Å². The molecule has 1 saturated heterocycles. The maximum atomic E-state index is 12.6. The Morgan fingerprint density at radius 3 is 2.61 bits per heavy atom. The minimum atomic E-state index is -4.82. The fraction of sp³-hybridized carbons (Fsp3) is 0.600. The first kappa shape index (κ1) is 23.7. The lowest BCUT2D eigenvalue weighted by Crippen LogP contribution is -2.39. The van der Waals surface area contributed by atoms with Crippen LogP contribution in [0.1, 0.15) is 25.3 Å². The van der Waals surface area contributed by atoms with E-state index < -0.39 is 12.1 Å². The normalized spacial score (nSPS) is 20.5. The summed E-state index contributed by atoms with van der Waals surface area (Å²) in [4.78, 5) is 14.8. The number of thioether (sulfide) groups is 1. The molecule has 0 aliphatic carbocycles. The first-order chi connectivity index (χ1) is 14.8. The van der Waals surface area contributed by atoms with Gasteiger partial charge in [-0.1, -0.05) is 18.7 Å². The minimum Gasteiger partial charge on any atom is -0.493 e. The molecular formula is C20H26F3N3O4S. The zero-order valence-electron chi connectivity index (χ0n) is 17.5. The molecule has 11 heteroatoms. The zero-order valence-corrected chi connectivity index (χ0v) is 18.3. The smallest absolute Gasteiger partial charge is 0.493 e. The highest BCUT2D eigenvalue weighted by Gasteiger charge is 2.34. The largest absolute Gasteiger partial charge is 0.573 e. The van der Waals surface area contributed by atoms with Gasteiger partial charge in [-0.3, -0.25) is 9.69 Å². The van der Waals surface area contributed by atoms with Crippen LogP contribution in [-0.2, 0) is 4.74 Å². The Labute approximate surface area is 183 Å². The second-order valence-electron chi connectivity index (χ2n) is 7.11. The van der Waals surface area contributed by atoms with Gasteiger partial charge in [-0.05, 0) is 31.0 Å². The summed E-state index contributed by atoms with van der Waals surface area (Å²) in [6, 6.07) is 4.18. The number of carbonyl (C=O) groups is 1. The number of halogens is 3. The van der Waals surface area contributed by atoms with E-state index in [1.807, 2.05) is 6.92 Å². The van der Waals surface area contributed by atoms with Gasteiger partial charge in [-0.25, -0.2) is 5.01 Å². The van der Waals surface area contributed by atoms with Crippen molar-refractivity contribution >= 4 is 22.7 Å². The fourth-order valence-electron chi connectivity index (χ4n) is 3.44. The third-order valence-electron chi connectivity index (χ3n) is 4.99. The fourth-order valence-corrected chi connectivity index (χ4v) is 4.40. The molecule has 0 spiro atoms. The number of benzene rings is 1. The van der Waals surface area contributed by atoms with Crippen LogP contribution >= 0.6 is 11.8 Å². The molecule has 1 unspecified atom stereocenters. The summed E-state index contributed by atoms with van der Waals surface area (Å²) in [7, 11) is 1.28. The lowest BCUT2D eigenvalue weighted by Gasteiger charge is -2.30. The predicted molar refractivity (Wildman–Crippen MR) is 112 cm³/mol. The van der Waals surface area contributed by atoms with E-state index >= 15 is 0 Å². The molecule has 0 radical (unpaired) electrons. The molecule has 1 aromatic carbocycles. The topological polar surface area (TPSA) is 63.6 Å². The van der Waals surface area contributed by atoms with Crippen molar-refractivity contribution in [2.24, 2.45) is 5.10 Å². The van der Waals surface area contributed by atoms with Crippen LogP contribution in [0.25, 0.3) is 0 Å². The Hall–Kier alpha value is -1.98. The third-order valence-corrected chi connectivity index (χ3v) is 6.24. The van der Waals surface area contributed by atoms with Gasteiger partial charge in [0.15, 0.2) is 11.5 Å². The minimum absolute atomic E-state index is 0.0480. The highest BCUT2D eigenvalue weighted by atomic mass is 32.2. The second kappa shape index (κ2) is 10.6. The highest BCUT2D eigenvalue weighted by Crippen LogP contribution is 2.35. The van der Waals surface area contributed by atoms with Crippen LogP contribution in [0.15, 0.2) is 23.3 Å². The van der Waals surface area contributed by atoms with Crippen molar-refractivity contribution in [1.29, 1.82) is 0 Å². The van der Waals surface area contributed by atoms with Crippen LogP contribution in [0.4, 0.5) is 18.0 Å². The molecule has 3 rings (SSSR count). The van der Waals surface area contributed by atoms with Crippen LogP contribution in [0.3, 0.4) is 0 Å². The van der Waals surface area contributed by atoms with Crippen molar-refractivity contribution in [3.63, 3.8) is 0 Å². The number of rotatable bonds is 8. The van der Waals surface area contributed by atoms with Gasteiger partial charge in [0, 0.05) is 31.7 Å². The molecule has 2 aliphatic rings. The van der Waals surface area contributed by atoms with Crippen molar-refractivity contribution in [3.8, 4) is 11.5 Å². The highest BCUT2D eigenvalue weighted by molar-refractivity contribution is 8.14. The van der Waals surface area contributed by atoms with Crippen LogP contribution in [-0.4, -0.2) is 79.0 Å². The quantitative estimate of drug-likeness (QED) is 0.584. The maximum Gasteiger partial charge on any atom is 0.573 e. The molecule has 0 aromatic heterocycles. The zero-order chi connectivity index (χ0) is 22.4. The van der Waals surface area contributed by atoms with Crippen molar-refractivity contribution in [3.05, 3.63) is 23.8 Å². The lowest BCUT2D eigenvalue weighted by atomic mass is 10.0. The molecule has 1 aromatic rings. The summed E-state index contributed by atoms with van der Waals surface area (Å²) >= 11 is 1.18. The van der Waals surface area contributed by atoms with Crippen molar-refractivity contribution < 1.29 is 32.2 Å². The van der Waals surface area contributed by atoms with Crippen LogP contribution in [0.5, 0.6) is 11.5 Å². The molecule has 1 amide bonds. The van der Waals surface area contributed by atoms with Gasteiger partial charge in [0.1, 0.15) is 0 Å². The summed E-state index contributed by atoms with van der Waals surface area (Å²) in [6.45, 7) is 6.44. The van der Waals surface area contributed by atoms with E-state index in [1.165, 1.54) is 42.1 Å². The van der Waals surface area contributed by atoms with Crippen LogP contribution in [0, 0.1) is 0 Å². The van der Waals surface area contributed by atoms with E-state index in [0.29, 0.717) is 24.2 Å². The first-order valence-corrected chi connectivity index (χ1v) is 11.0. The van der Waals surface area contributed by atoms with E-state index in [0.717, 1.165) is 39.3 Å². The molecule has 172 valence electrons. The number of nitrogens with zero attached hydrogens (tertiary/aromatic N) is 3. The Bertz CT molecular complexity index is 800. The number of morpholine rings is 1. The second-order valence-corrected chi connectivity index (χ2v) is 8.26. The Kier molecular flexibility index (Phi) is 8.06. The van der Waals surface area contributed by atoms with Crippen molar-refractivity contribution in [2.75, 3.05) is 46.5 Å². The number of hydrazone groups is 1. The number of hydrogen-bond acceptors (Lipinski definition) is 7. The Morgan fingerprint density at radius 2 is 1.97 bits per heavy atom. The molecule has 1 atom stereocenters. The number of methoxy groups -OCH3 is 1. The molecule has 2 heterocycles. The van der Waals surface area contributed by atoms with Crippen LogP contribution in [0.2, 0.25) is 0 Å². The lowest BCUT2D eigenvalue weighted by molar-refractivity contribution is -0.275. The van der Waals surface area contributed by atoms with Gasteiger partial charge >= 0.3 is 11.6 Å². The maximum absolute atomic E-state index is 12.6. The first-order valence-electron chi connectivity index (χ1n) is 10.1. The Balaban J connectivity index is 1.76. The SMILES string of the molecule is CCC1SC(=O)N(CCCN2CCOCC2)N=C1c1ccc(OC(F)(F)F)c(OC)c1. The molecule has 7 nitrogen and oxygen atoms in total. The monoisotopic (exact) mass is 461 g/mol. The number of amides is 1. The van der Waals surface area contributed by atoms with Gasteiger partial charge < -0.3 is 14.2 Å². The molecule has 0 bridgehead atoms. The van der Waals surface area contributed by atoms with Gasteiger partial charge in [0.25, 0.3) is 0 Å². The predicted octanol–water partition coefficient (Wildman–Crippen LogP) is 3.97. The van der Waals surface area contributed by atoms with Crippen molar-refractivity contribution in [2.45, 2.75) is 31.4 Å². The van der Waals surface area contributed by atoms with E-state index in [-0.39, 0.29) is 16.2 Å². The van der Waals surface area contributed by atoms with Gasteiger partial charge in [0.2, 0.25) is 0 Å². The molecule has 2 aliphatic heterocycles. The average Bonchev–Trinajstić information content (AvgIpc) is 2.74. The summed E-state index contributed by atoms with van der Waals surface area (Å²) in [5, 5.41) is 5.69. The van der Waals surface area contributed by atoms with E-state index in [9.17, 15) is 18.0 Å². The van der Waals surface area contributed by atoms with Gasteiger partial charge in [0.05, 0.1) is 31.3 Å². The van der Waals surface area contributed by atoms with Gasteiger partial charge in [-0.15, -0.1) is 13.2 Å². The summed E-state index contributed by atoms with van der Waals surface area (Å²) in [6.07, 6.45) is -3.40. The third kappa shape index (κ3) is 6.50.